The summed E-state index contributed by atoms with van der Waals surface area (Å²) in [6.45, 7) is 5.70. The maximum absolute atomic E-state index is 11.4. The average Bonchev–Trinajstić information content (AvgIpc) is 2.22. The first-order chi connectivity index (χ1) is 8.29. The Balaban J connectivity index is 2.43. The fraction of sp³-hybridized carbons (Fsp3) is 0.600. The van der Waals surface area contributed by atoms with Crippen molar-refractivity contribution in [2.24, 2.45) is 0 Å². The first-order valence-electron chi connectivity index (χ1n) is 5.44. The molecule has 1 aromatic heterocycles. The van der Waals surface area contributed by atoms with Crippen molar-refractivity contribution in [1.82, 2.24) is 9.97 Å². The SMILES string of the molecule is Cc1c(N)nc(N)nc1OCCOCP(C)(C)=O. The minimum absolute atomic E-state index is 0.0700. The van der Waals surface area contributed by atoms with Gasteiger partial charge in [0.15, 0.2) is 0 Å². The fourth-order valence-electron chi connectivity index (χ4n) is 1.15. The molecule has 0 aliphatic rings. The molecule has 0 aromatic carbocycles. The molecule has 8 heteroatoms. The van der Waals surface area contributed by atoms with Gasteiger partial charge in [0.05, 0.1) is 18.5 Å². The van der Waals surface area contributed by atoms with Crippen LogP contribution in [0.15, 0.2) is 0 Å². The highest BCUT2D eigenvalue weighted by atomic mass is 31.2. The molecule has 1 heterocycles. The Hall–Kier alpha value is -1.33. The summed E-state index contributed by atoms with van der Waals surface area (Å²) in [7, 11) is -2.15. The molecule has 0 amide bonds. The van der Waals surface area contributed by atoms with Crippen LogP contribution in [0.4, 0.5) is 11.8 Å². The fourth-order valence-corrected chi connectivity index (χ4v) is 1.72. The molecule has 0 radical (unpaired) electrons. The maximum atomic E-state index is 11.4. The predicted molar refractivity (Wildman–Crippen MR) is 71.4 cm³/mol. The smallest absolute Gasteiger partial charge is 0.225 e. The van der Waals surface area contributed by atoms with Crippen LogP contribution < -0.4 is 16.2 Å². The standard InChI is InChI=1S/C10H19N4O3P/c1-7-8(11)13-10(12)14-9(7)17-5-4-16-6-18(2,3)15/h4-6H2,1-3H3,(H4,11,12,13,14). The van der Waals surface area contributed by atoms with E-state index in [0.717, 1.165) is 0 Å². The molecule has 102 valence electrons. The Bertz CT molecular complexity index is 461. The van der Waals surface area contributed by atoms with E-state index < -0.39 is 7.14 Å². The van der Waals surface area contributed by atoms with Gasteiger partial charge >= 0.3 is 0 Å². The molecule has 7 nitrogen and oxygen atoms in total. The highest BCUT2D eigenvalue weighted by molar-refractivity contribution is 7.62. The second-order valence-electron chi connectivity index (χ2n) is 4.36. The number of hydrogen-bond donors (Lipinski definition) is 2. The summed E-state index contributed by atoms with van der Waals surface area (Å²) < 4.78 is 22.0. The van der Waals surface area contributed by atoms with Crippen molar-refractivity contribution < 1.29 is 14.0 Å². The second kappa shape index (κ2) is 6.02. The summed E-state index contributed by atoms with van der Waals surface area (Å²) in [4.78, 5) is 7.74. The first-order valence-corrected chi connectivity index (χ1v) is 8.22. The number of nitrogens with zero attached hydrogens (tertiary/aromatic N) is 2. The molecule has 0 saturated heterocycles. The number of rotatable bonds is 6. The zero-order chi connectivity index (χ0) is 13.8. The molecular weight excluding hydrogens is 255 g/mol. The zero-order valence-electron chi connectivity index (χ0n) is 10.8. The maximum Gasteiger partial charge on any atom is 0.225 e. The van der Waals surface area contributed by atoms with E-state index in [-0.39, 0.29) is 18.9 Å². The van der Waals surface area contributed by atoms with Gasteiger partial charge in [-0.2, -0.15) is 9.97 Å². The molecule has 1 rings (SSSR count). The number of ether oxygens (including phenoxy) is 2. The quantitative estimate of drug-likeness (QED) is 0.585. The summed E-state index contributed by atoms with van der Waals surface area (Å²) in [6, 6.07) is 0. The third-order valence-electron chi connectivity index (χ3n) is 2.02. The van der Waals surface area contributed by atoms with Crippen LogP contribution in [0.5, 0.6) is 5.88 Å². The molecule has 0 bridgehead atoms. The van der Waals surface area contributed by atoms with Gasteiger partial charge in [0.25, 0.3) is 0 Å². The van der Waals surface area contributed by atoms with Crippen molar-refractivity contribution in [3.8, 4) is 5.88 Å². The van der Waals surface area contributed by atoms with Gasteiger partial charge in [0, 0.05) is 0 Å². The van der Waals surface area contributed by atoms with Gasteiger partial charge in [0.1, 0.15) is 19.6 Å². The summed E-state index contributed by atoms with van der Waals surface area (Å²) in [5, 5.41) is 0. The number of nitrogen functional groups attached to an aromatic ring is 2. The molecular formula is C10H19N4O3P. The van der Waals surface area contributed by atoms with Crippen molar-refractivity contribution >= 4 is 18.9 Å². The van der Waals surface area contributed by atoms with Crippen molar-refractivity contribution in [2.45, 2.75) is 6.92 Å². The average molecular weight is 274 g/mol. The Morgan fingerprint density at radius 2 is 1.89 bits per heavy atom. The number of nitrogens with two attached hydrogens (primary N) is 2. The summed E-state index contributed by atoms with van der Waals surface area (Å²) in [5.74, 6) is 0.713. The molecule has 18 heavy (non-hydrogen) atoms. The molecule has 0 aliphatic carbocycles. The van der Waals surface area contributed by atoms with Gasteiger partial charge in [-0.3, -0.25) is 0 Å². The minimum atomic E-state index is -2.15. The largest absolute Gasteiger partial charge is 0.475 e. The number of hydrogen-bond acceptors (Lipinski definition) is 7. The van der Waals surface area contributed by atoms with E-state index in [1.54, 1.807) is 20.3 Å². The monoisotopic (exact) mass is 274 g/mol. The first kappa shape index (κ1) is 14.7. The molecule has 4 N–H and O–H groups in total. The highest BCUT2D eigenvalue weighted by Gasteiger charge is 2.09. The van der Waals surface area contributed by atoms with E-state index in [2.05, 4.69) is 9.97 Å². The number of aromatic nitrogens is 2. The van der Waals surface area contributed by atoms with Crippen LogP contribution in [0.1, 0.15) is 5.56 Å². The van der Waals surface area contributed by atoms with Crippen LogP contribution >= 0.6 is 7.14 Å². The summed E-state index contributed by atoms with van der Waals surface area (Å²) >= 11 is 0. The Kier molecular flexibility index (Phi) is 4.93. The highest BCUT2D eigenvalue weighted by Crippen LogP contribution is 2.35. The van der Waals surface area contributed by atoms with Crippen LogP contribution in [0, 0.1) is 6.92 Å². The van der Waals surface area contributed by atoms with Gasteiger partial charge in [-0.05, 0) is 20.3 Å². The van der Waals surface area contributed by atoms with Crippen LogP contribution in [-0.2, 0) is 9.30 Å². The van der Waals surface area contributed by atoms with Crippen LogP contribution in [0.25, 0.3) is 0 Å². The third-order valence-corrected chi connectivity index (χ3v) is 2.83. The van der Waals surface area contributed by atoms with Gasteiger partial charge in [-0.25, -0.2) is 0 Å². The van der Waals surface area contributed by atoms with Crippen molar-refractivity contribution in [3.63, 3.8) is 0 Å². The van der Waals surface area contributed by atoms with Crippen LogP contribution in [-0.4, -0.2) is 42.9 Å². The molecule has 0 saturated carbocycles. The summed E-state index contributed by atoms with van der Waals surface area (Å²) in [6.07, 6.45) is 0.239. The van der Waals surface area contributed by atoms with E-state index in [0.29, 0.717) is 23.9 Å². The lowest BCUT2D eigenvalue weighted by Crippen LogP contribution is -2.11. The van der Waals surface area contributed by atoms with Gasteiger partial charge in [0.2, 0.25) is 11.8 Å². The third kappa shape index (κ3) is 4.89. The molecule has 0 spiro atoms. The van der Waals surface area contributed by atoms with E-state index in [1.807, 2.05) is 0 Å². The second-order valence-corrected chi connectivity index (χ2v) is 7.76. The minimum Gasteiger partial charge on any atom is -0.475 e. The molecule has 1 aromatic rings. The van der Waals surface area contributed by atoms with Gasteiger partial charge < -0.3 is 25.5 Å². The lowest BCUT2D eigenvalue weighted by atomic mass is 10.3. The molecule has 0 unspecified atom stereocenters. The normalized spacial score (nSPS) is 11.5. The Morgan fingerprint density at radius 3 is 2.50 bits per heavy atom. The molecule has 0 fully saturated rings. The van der Waals surface area contributed by atoms with E-state index >= 15 is 0 Å². The Morgan fingerprint density at radius 1 is 1.22 bits per heavy atom. The van der Waals surface area contributed by atoms with Gasteiger partial charge in [-0.1, -0.05) is 0 Å². The van der Waals surface area contributed by atoms with Crippen LogP contribution in [0.3, 0.4) is 0 Å². The zero-order valence-corrected chi connectivity index (χ0v) is 11.7. The summed E-state index contributed by atoms with van der Waals surface area (Å²) in [5.41, 5.74) is 11.7. The van der Waals surface area contributed by atoms with Crippen molar-refractivity contribution in [1.29, 1.82) is 0 Å². The lowest BCUT2D eigenvalue weighted by molar-refractivity contribution is 0.128. The van der Waals surface area contributed by atoms with E-state index in [4.69, 9.17) is 20.9 Å². The topological polar surface area (TPSA) is 113 Å². The van der Waals surface area contributed by atoms with Crippen molar-refractivity contribution in [3.05, 3.63) is 5.56 Å². The number of anilines is 2. The molecule has 0 atom stereocenters. The lowest BCUT2D eigenvalue weighted by Gasteiger charge is -2.11. The van der Waals surface area contributed by atoms with Crippen molar-refractivity contribution in [2.75, 3.05) is 44.4 Å². The predicted octanol–water partition coefficient (Wildman–Crippen LogP) is 0.925. The van der Waals surface area contributed by atoms with Gasteiger partial charge in [-0.15, -0.1) is 0 Å². The van der Waals surface area contributed by atoms with Crippen LogP contribution in [0.2, 0.25) is 0 Å². The van der Waals surface area contributed by atoms with E-state index in [9.17, 15) is 4.57 Å². The molecule has 0 aliphatic heterocycles. The Labute approximate surface area is 106 Å². The van der Waals surface area contributed by atoms with E-state index in [1.165, 1.54) is 0 Å².